The second-order valence-corrected chi connectivity index (χ2v) is 6.50. The zero-order valence-corrected chi connectivity index (χ0v) is 11.5. The highest BCUT2D eigenvalue weighted by Gasteiger charge is 2.35. The van der Waals surface area contributed by atoms with Gasteiger partial charge >= 0.3 is 0 Å². The van der Waals surface area contributed by atoms with E-state index in [2.05, 4.69) is 10.2 Å². The van der Waals surface area contributed by atoms with Crippen LogP contribution in [0.5, 0.6) is 0 Å². The summed E-state index contributed by atoms with van der Waals surface area (Å²) in [5.41, 5.74) is 0. The largest absolute Gasteiger partial charge is 0.360 e. The van der Waals surface area contributed by atoms with E-state index in [-0.39, 0.29) is 0 Å². The number of hydrogen-bond donors (Lipinski definition) is 1. The fraction of sp³-hybridized carbons (Fsp3) is 0.929. The van der Waals surface area contributed by atoms with E-state index in [1.807, 2.05) is 0 Å². The minimum atomic E-state index is 0.664. The summed E-state index contributed by atoms with van der Waals surface area (Å²) in [6, 6.07) is 1.44. The molecule has 0 aliphatic heterocycles. The van der Waals surface area contributed by atoms with Gasteiger partial charge in [0.05, 0.1) is 0 Å². The Morgan fingerprint density at radius 3 is 2.29 bits per heavy atom. The third-order valence-corrected chi connectivity index (χ3v) is 4.69. The Bertz CT molecular complexity index is 278. The van der Waals surface area contributed by atoms with Crippen molar-refractivity contribution in [1.29, 1.82) is 0 Å². The van der Waals surface area contributed by atoms with Crippen LogP contribution in [-0.2, 0) is 0 Å². The van der Waals surface area contributed by atoms with E-state index in [0.717, 1.165) is 17.1 Å². The van der Waals surface area contributed by atoms with Crippen LogP contribution < -0.4 is 5.32 Å². The van der Waals surface area contributed by atoms with Crippen LogP contribution in [-0.4, -0.2) is 28.6 Å². The van der Waals surface area contributed by atoms with Gasteiger partial charge in [-0.15, -0.1) is 0 Å². The van der Waals surface area contributed by atoms with E-state index < -0.39 is 0 Å². The molecule has 0 heterocycles. The first-order valence-electron chi connectivity index (χ1n) is 7.40. The SMILES string of the molecule is S=C(NC1CCCCC1)N(CC1CC1)C1CC1. The molecule has 0 spiro atoms. The highest BCUT2D eigenvalue weighted by molar-refractivity contribution is 7.80. The van der Waals surface area contributed by atoms with Crippen molar-refractivity contribution in [3.63, 3.8) is 0 Å². The van der Waals surface area contributed by atoms with Gasteiger partial charge in [0.15, 0.2) is 5.11 Å². The molecule has 0 amide bonds. The molecule has 96 valence electrons. The van der Waals surface area contributed by atoms with Crippen LogP contribution in [0, 0.1) is 5.92 Å². The Morgan fingerprint density at radius 2 is 1.71 bits per heavy atom. The van der Waals surface area contributed by atoms with Gasteiger partial charge in [0.25, 0.3) is 0 Å². The van der Waals surface area contributed by atoms with Gasteiger partial charge in [-0.2, -0.15) is 0 Å². The molecule has 0 atom stereocenters. The average Bonchev–Trinajstić information content (AvgIpc) is 3.20. The van der Waals surface area contributed by atoms with Crippen LogP contribution in [0.3, 0.4) is 0 Å². The van der Waals surface area contributed by atoms with Gasteiger partial charge in [-0.3, -0.25) is 0 Å². The zero-order valence-electron chi connectivity index (χ0n) is 10.7. The fourth-order valence-corrected chi connectivity index (χ4v) is 3.26. The normalized spacial score (nSPS) is 25.6. The van der Waals surface area contributed by atoms with Crippen molar-refractivity contribution in [3.8, 4) is 0 Å². The van der Waals surface area contributed by atoms with Crippen LogP contribution >= 0.6 is 12.2 Å². The van der Waals surface area contributed by atoms with Gasteiger partial charge in [-0.1, -0.05) is 19.3 Å². The summed E-state index contributed by atoms with van der Waals surface area (Å²) in [6.07, 6.45) is 12.4. The summed E-state index contributed by atoms with van der Waals surface area (Å²) in [7, 11) is 0. The third kappa shape index (κ3) is 3.34. The molecule has 17 heavy (non-hydrogen) atoms. The molecule has 3 aliphatic carbocycles. The number of hydrogen-bond acceptors (Lipinski definition) is 1. The predicted molar refractivity (Wildman–Crippen MR) is 75.1 cm³/mol. The Hall–Kier alpha value is -0.310. The van der Waals surface area contributed by atoms with Gasteiger partial charge in [-0.05, 0) is 56.7 Å². The number of nitrogens with one attached hydrogen (secondary N) is 1. The second kappa shape index (κ2) is 5.13. The Morgan fingerprint density at radius 1 is 1.00 bits per heavy atom. The molecule has 0 unspecified atom stereocenters. The molecule has 3 heteroatoms. The molecule has 2 nitrogen and oxygen atoms in total. The molecule has 3 saturated carbocycles. The number of thiocarbonyl (C=S) groups is 1. The summed E-state index contributed by atoms with van der Waals surface area (Å²) in [5.74, 6) is 0.946. The average molecular weight is 252 g/mol. The maximum atomic E-state index is 5.63. The number of rotatable bonds is 4. The van der Waals surface area contributed by atoms with Crippen molar-refractivity contribution in [2.45, 2.75) is 69.9 Å². The maximum Gasteiger partial charge on any atom is 0.169 e. The smallest absolute Gasteiger partial charge is 0.169 e. The van der Waals surface area contributed by atoms with E-state index in [9.17, 15) is 0 Å². The predicted octanol–water partition coefficient (Wildman–Crippen LogP) is 3.07. The molecule has 0 saturated heterocycles. The summed E-state index contributed by atoms with van der Waals surface area (Å²) < 4.78 is 0. The standard InChI is InChI=1S/C14H24N2S/c17-14(15-12-4-2-1-3-5-12)16(13-8-9-13)10-11-6-7-11/h11-13H,1-10H2,(H,15,17). The van der Waals surface area contributed by atoms with Crippen LogP contribution in [0.4, 0.5) is 0 Å². The molecule has 1 N–H and O–H groups in total. The topological polar surface area (TPSA) is 15.3 Å². The molecule has 0 aromatic rings. The van der Waals surface area contributed by atoms with Crippen LogP contribution in [0.1, 0.15) is 57.8 Å². The Balaban J connectivity index is 1.50. The second-order valence-electron chi connectivity index (χ2n) is 6.11. The van der Waals surface area contributed by atoms with Crippen molar-refractivity contribution in [1.82, 2.24) is 10.2 Å². The molecule has 3 aliphatic rings. The van der Waals surface area contributed by atoms with Crippen molar-refractivity contribution < 1.29 is 0 Å². The monoisotopic (exact) mass is 252 g/mol. The minimum absolute atomic E-state index is 0.664. The molecule has 0 aromatic heterocycles. The summed E-state index contributed by atoms with van der Waals surface area (Å²) in [6.45, 7) is 1.23. The van der Waals surface area contributed by atoms with E-state index in [0.29, 0.717) is 6.04 Å². The first-order valence-corrected chi connectivity index (χ1v) is 7.81. The first-order chi connectivity index (χ1) is 8.33. The maximum absolute atomic E-state index is 5.63. The first kappa shape index (κ1) is 11.8. The zero-order chi connectivity index (χ0) is 11.7. The van der Waals surface area contributed by atoms with Gasteiger partial charge in [-0.25, -0.2) is 0 Å². The molecule has 0 radical (unpaired) electrons. The highest BCUT2D eigenvalue weighted by atomic mass is 32.1. The fourth-order valence-electron chi connectivity index (χ4n) is 2.87. The van der Waals surface area contributed by atoms with Gasteiger partial charge in [0, 0.05) is 18.6 Å². The van der Waals surface area contributed by atoms with Crippen LogP contribution in [0.2, 0.25) is 0 Å². The molecule has 3 fully saturated rings. The lowest BCUT2D eigenvalue weighted by Gasteiger charge is -2.31. The van der Waals surface area contributed by atoms with E-state index in [1.165, 1.54) is 64.3 Å². The van der Waals surface area contributed by atoms with E-state index >= 15 is 0 Å². The van der Waals surface area contributed by atoms with Gasteiger partial charge in [0.1, 0.15) is 0 Å². The molecule has 3 rings (SSSR count). The highest BCUT2D eigenvalue weighted by Crippen LogP contribution is 2.35. The third-order valence-electron chi connectivity index (χ3n) is 4.33. The summed E-state index contributed by atoms with van der Waals surface area (Å²) >= 11 is 5.63. The number of nitrogens with zero attached hydrogens (tertiary/aromatic N) is 1. The Labute approximate surface area is 110 Å². The molecular formula is C14H24N2S. The Kier molecular flexibility index (Phi) is 3.55. The molecular weight excluding hydrogens is 228 g/mol. The lowest BCUT2D eigenvalue weighted by atomic mass is 9.96. The van der Waals surface area contributed by atoms with Crippen LogP contribution in [0.25, 0.3) is 0 Å². The van der Waals surface area contributed by atoms with E-state index in [1.54, 1.807) is 0 Å². The quantitative estimate of drug-likeness (QED) is 0.774. The minimum Gasteiger partial charge on any atom is -0.360 e. The van der Waals surface area contributed by atoms with E-state index in [4.69, 9.17) is 12.2 Å². The van der Waals surface area contributed by atoms with Crippen molar-refractivity contribution >= 4 is 17.3 Å². The summed E-state index contributed by atoms with van der Waals surface area (Å²) in [4.78, 5) is 2.50. The van der Waals surface area contributed by atoms with Crippen molar-refractivity contribution in [2.75, 3.05) is 6.54 Å². The molecule has 0 aromatic carbocycles. The van der Waals surface area contributed by atoms with Crippen LogP contribution in [0.15, 0.2) is 0 Å². The lowest BCUT2D eigenvalue weighted by Crippen LogP contribution is -2.47. The lowest BCUT2D eigenvalue weighted by molar-refractivity contribution is 0.356. The summed E-state index contributed by atoms with van der Waals surface area (Å²) in [5, 5.41) is 4.69. The van der Waals surface area contributed by atoms with Crippen molar-refractivity contribution in [2.24, 2.45) is 5.92 Å². The van der Waals surface area contributed by atoms with Crippen molar-refractivity contribution in [3.05, 3.63) is 0 Å². The molecule has 0 bridgehead atoms. The van der Waals surface area contributed by atoms with Gasteiger partial charge in [0.2, 0.25) is 0 Å². The van der Waals surface area contributed by atoms with Gasteiger partial charge < -0.3 is 10.2 Å².